The molecule has 89 heavy (non-hydrogen) atoms. The Morgan fingerprint density at radius 2 is 0.899 bits per heavy atom. The number of piperidine rings is 2. The van der Waals surface area contributed by atoms with Gasteiger partial charge in [-0.15, -0.1) is 8.17 Å². The summed E-state index contributed by atoms with van der Waals surface area (Å²) >= 11 is 15.7. The molecule has 0 bridgehead atoms. The number of carbonyl (C=O) groups excluding carboxylic acids is 2. The van der Waals surface area contributed by atoms with E-state index < -0.39 is 38.7 Å². The molecule has 6 aromatic rings. The Hall–Kier alpha value is -5.30. The lowest BCUT2D eigenvalue weighted by molar-refractivity contribution is 0.00578. The van der Waals surface area contributed by atoms with Gasteiger partial charge in [0.05, 0.1) is 39.5 Å². The van der Waals surface area contributed by atoms with Crippen molar-refractivity contribution in [2.45, 2.75) is 162 Å². The van der Waals surface area contributed by atoms with Gasteiger partial charge in [0.2, 0.25) is 0 Å². The quantitative estimate of drug-likeness (QED) is 0.106. The highest BCUT2D eigenvalue weighted by molar-refractivity contribution is 9.10. The monoisotopic (exact) mass is 1370 g/mol. The van der Waals surface area contributed by atoms with Crippen LogP contribution in [0.3, 0.4) is 0 Å². The molecular weight excluding hydrogens is 1280 g/mol. The molecule has 3 aliphatic rings. The van der Waals surface area contributed by atoms with Crippen molar-refractivity contribution in [1.82, 2.24) is 36.8 Å². The van der Waals surface area contributed by atoms with E-state index in [0.29, 0.717) is 64.9 Å². The van der Waals surface area contributed by atoms with Crippen molar-refractivity contribution < 1.29 is 45.2 Å². The number of likely N-dealkylation sites (tertiary alicyclic amines) is 2. The van der Waals surface area contributed by atoms with Gasteiger partial charge in [-0.3, -0.25) is 0 Å². The molecule has 24 heteroatoms. The third kappa shape index (κ3) is 16.3. The third-order valence-corrected chi connectivity index (χ3v) is 21.2. The van der Waals surface area contributed by atoms with Crippen LogP contribution in [0.2, 0.25) is 10.0 Å². The van der Waals surface area contributed by atoms with Gasteiger partial charge < -0.3 is 28.6 Å². The van der Waals surface area contributed by atoms with Crippen LogP contribution in [0.5, 0.6) is 0 Å². The molecule has 0 saturated carbocycles. The molecule has 0 N–H and O–H groups in total. The molecule has 3 saturated heterocycles. The van der Waals surface area contributed by atoms with Crippen LogP contribution in [0.1, 0.15) is 150 Å². The number of amides is 2. The maximum Gasteiger partial charge on any atom is 0.494 e. The van der Waals surface area contributed by atoms with Crippen LogP contribution in [-0.4, -0.2) is 150 Å². The van der Waals surface area contributed by atoms with E-state index in [2.05, 4.69) is 114 Å². The first-order valence-electron chi connectivity index (χ1n) is 29.6. The minimum Gasteiger partial charge on any atom is -0.444 e. The Balaban J connectivity index is 0.000000232. The molecule has 3 aliphatic heterocycles. The molecule has 0 atom stereocenters. The highest BCUT2D eigenvalue weighted by Gasteiger charge is 2.52. The largest absolute Gasteiger partial charge is 0.494 e. The lowest BCUT2D eigenvalue weighted by atomic mass is 9.67. The average Bonchev–Trinajstić information content (AvgIpc) is 1.44. The Labute approximate surface area is 548 Å². The predicted molar refractivity (Wildman–Crippen MR) is 360 cm³/mol. The van der Waals surface area contributed by atoms with Crippen molar-refractivity contribution >= 4 is 84.3 Å². The van der Waals surface area contributed by atoms with Gasteiger partial charge in [0.1, 0.15) is 11.2 Å². The second kappa shape index (κ2) is 28.3. The van der Waals surface area contributed by atoms with E-state index in [0.717, 1.165) is 70.2 Å². The van der Waals surface area contributed by atoms with Gasteiger partial charge in [-0.05, 0) is 181 Å². The summed E-state index contributed by atoms with van der Waals surface area (Å²) in [4.78, 5) is 29.0. The van der Waals surface area contributed by atoms with E-state index in [1.165, 1.54) is 45.5 Å². The van der Waals surface area contributed by atoms with Crippen molar-refractivity contribution in [1.29, 1.82) is 0 Å². The van der Waals surface area contributed by atoms with E-state index in [9.17, 15) is 26.4 Å². The van der Waals surface area contributed by atoms with Crippen LogP contribution in [0.4, 0.5) is 9.59 Å². The molecule has 5 heterocycles. The van der Waals surface area contributed by atoms with Gasteiger partial charge in [-0.2, -0.15) is 35.6 Å². The SMILES string of the molecule is C.CC(C)(C)OC(=O)N1CCC(c2ccc(Cl)cc2)(c2ccc(B3OC(C)(C)C(C)(C)O3)cc2)CC1.CCc1c(-c2ccc(C3(c4ccc(Cl)cc4)CCN(C(=O)OC(C)(C)C)CC3)cc2)cnn1S(=O)(=O)N(C)C.CCc1c(Br)cnn1S(=O)(=O)N(C)C. The Morgan fingerprint density at radius 1 is 0.573 bits per heavy atom. The van der Waals surface area contributed by atoms with E-state index in [-0.39, 0.29) is 41.6 Å². The van der Waals surface area contributed by atoms with Crippen LogP contribution < -0.4 is 5.46 Å². The van der Waals surface area contributed by atoms with Gasteiger partial charge in [0, 0.05) is 80.8 Å². The van der Waals surface area contributed by atoms with Crippen LogP contribution >= 0.6 is 39.1 Å². The molecule has 486 valence electrons. The van der Waals surface area contributed by atoms with Crippen molar-refractivity contribution in [3.05, 3.63) is 158 Å². The van der Waals surface area contributed by atoms with Crippen molar-refractivity contribution in [3.8, 4) is 11.1 Å². The molecule has 3 fully saturated rings. The van der Waals surface area contributed by atoms with Crippen LogP contribution in [0.25, 0.3) is 11.1 Å². The number of halogens is 3. The number of hydrogen-bond acceptors (Lipinski definition) is 12. The first kappa shape index (κ1) is 72.8. The zero-order valence-corrected chi connectivity index (χ0v) is 58.4. The molecule has 0 radical (unpaired) electrons. The van der Waals surface area contributed by atoms with Crippen LogP contribution in [-0.2, 0) is 62.9 Å². The minimum absolute atomic E-state index is 0. The molecule has 2 aromatic heterocycles. The van der Waals surface area contributed by atoms with Crippen molar-refractivity contribution in [2.75, 3.05) is 54.4 Å². The number of rotatable bonds is 12. The Kier molecular flexibility index (Phi) is 23.1. The van der Waals surface area contributed by atoms with Crippen LogP contribution in [0.15, 0.2) is 114 Å². The topological polar surface area (TPSA) is 188 Å². The first-order valence-corrected chi connectivity index (χ1v) is 34.0. The van der Waals surface area contributed by atoms with Crippen molar-refractivity contribution in [2.24, 2.45) is 0 Å². The Morgan fingerprint density at radius 3 is 1.24 bits per heavy atom. The molecule has 4 aromatic carbocycles. The van der Waals surface area contributed by atoms with E-state index in [4.69, 9.17) is 42.0 Å². The number of nitrogens with zero attached hydrogens (tertiary/aromatic N) is 8. The average molecular weight is 1370 g/mol. The van der Waals surface area contributed by atoms with Gasteiger partial charge in [-0.1, -0.05) is 117 Å². The summed E-state index contributed by atoms with van der Waals surface area (Å²) in [5, 5.41) is 9.42. The zero-order valence-electron chi connectivity index (χ0n) is 53.7. The number of benzene rings is 4. The fraction of sp³-hybridized carbons (Fsp3) is 0.508. The molecule has 0 aliphatic carbocycles. The minimum atomic E-state index is -3.72. The Bertz CT molecular complexity index is 3590. The van der Waals surface area contributed by atoms with Crippen molar-refractivity contribution in [3.63, 3.8) is 0 Å². The van der Waals surface area contributed by atoms with Gasteiger partial charge in [0.25, 0.3) is 0 Å². The van der Waals surface area contributed by atoms with E-state index in [1.807, 2.05) is 96.7 Å². The second-order valence-corrected chi connectivity index (χ2v) is 31.5. The number of aromatic nitrogens is 4. The summed E-state index contributed by atoms with van der Waals surface area (Å²) in [7, 11) is -1.66. The maximum absolute atomic E-state index is 12.8. The van der Waals surface area contributed by atoms with Gasteiger partial charge >= 0.3 is 39.7 Å². The summed E-state index contributed by atoms with van der Waals surface area (Å²) in [6, 6.07) is 32.8. The van der Waals surface area contributed by atoms with Crippen LogP contribution in [0, 0.1) is 0 Å². The van der Waals surface area contributed by atoms with Gasteiger partial charge in [-0.25, -0.2) is 9.59 Å². The number of carbonyl (C=O) groups is 2. The molecule has 18 nitrogen and oxygen atoms in total. The standard InChI is InChI=1S/C29H37ClN4O4S.C28H37BClNO4.C7H12BrN3O2S.CH4/c1-7-26-25(20-31-34(26)39(36,37)32(5)6)21-8-10-22(11-9-21)29(23-12-14-24(30)15-13-23)16-18-33(19-17-29)27(35)38-28(2,3)4;1-25(2,3)33-24(32)31-18-16-28(17-19-31,21-10-14-23(30)15-11-21)20-8-12-22(13-9-20)29-34-26(4,5)27(6,7)35-29;1-4-7-6(8)5-9-11(7)14(12,13)10(2)3;/h8-15,20H,7,16-19H2,1-6H3;8-15H,16-19H2,1-7H3;5H,4H2,1-3H3;1H4. The number of ether oxygens (including phenoxy) is 2. The summed E-state index contributed by atoms with van der Waals surface area (Å²) in [5.41, 5.74) is 6.31. The second-order valence-electron chi connectivity index (χ2n) is 25.8. The molecular formula is C65H90BBrCl2N8O10S2. The first-order chi connectivity index (χ1) is 40.9. The fourth-order valence-corrected chi connectivity index (χ4v) is 13.9. The summed E-state index contributed by atoms with van der Waals surface area (Å²) in [6.45, 7) is 25.7. The highest BCUT2D eigenvalue weighted by atomic mass is 79.9. The molecule has 0 unspecified atom stereocenters. The molecule has 0 spiro atoms. The zero-order chi connectivity index (χ0) is 65.2. The normalized spacial score (nSPS) is 17.2. The molecule has 9 rings (SSSR count). The maximum atomic E-state index is 12.8. The fourth-order valence-electron chi connectivity index (χ4n) is 11.0. The van der Waals surface area contributed by atoms with Gasteiger partial charge in [0.15, 0.2) is 0 Å². The lowest BCUT2D eigenvalue weighted by Gasteiger charge is -2.43. The summed E-state index contributed by atoms with van der Waals surface area (Å²) in [6.07, 6.45) is 6.72. The van der Waals surface area contributed by atoms with E-state index >= 15 is 0 Å². The molecule has 2 amide bonds. The summed E-state index contributed by atoms with van der Waals surface area (Å²) in [5.74, 6) is 0. The summed E-state index contributed by atoms with van der Waals surface area (Å²) < 4.78 is 77.9. The third-order valence-electron chi connectivity index (χ3n) is 16.7. The predicted octanol–water partition coefficient (Wildman–Crippen LogP) is 13.2. The highest BCUT2D eigenvalue weighted by Crippen LogP contribution is 2.45. The lowest BCUT2D eigenvalue weighted by Crippen LogP contribution is -2.47. The number of hydrogen-bond donors (Lipinski definition) is 0. The van der Waals surface area contributed by atoms with E-state index in [1.54, 1.807) is 11.1 Å². The smallest absolute Gasteiger partial charge is 0.444 e.